The molecule has 0 spiro atoms. The molecule has 0 aromatic rings. The van der Waals surface area contributed by atoms with Gasteiger partial charge in [-0.2, -0.15) is 0 Å². The standard InChI is InChI=1S/C12H23N/c1-4-10(2)12(13-3)11-8-6-5-7-9-11/h8,10,12-13H,4-7,9H2,1-3H3. The second kappa shape index (κ2) is 5.43. The fourth-order valence-corrected chi connectivity index (χ4v) is 2.22. The third-order valence-corrected chi connectivity index (χ3v) is 3.25. The quantitative estimate of drug-likeness (QED) is 0.657. The van der Waals surface area contributed by atoms with Crippen molar-refractivity contribution in [3.8, 4) is 0 Å². The molecule has 2 unspecified atom stereocenters. The number of hydrogen-bond acceptors (Lipinski definition) is 1. The largest absolute Gasteiger partial charge is 0.313 e. The van der Waals surface area contributed by atoms with E-state index in [1.54, 1.807) is 5.57 Å². The van der Waals surface area contributed by atoms with Crippen LogP contribution in [0.5, 0.6) is 0 Å². The molecule has 1 aliphatic carbocycles. The maximum Gasteiger partial charge on any atom is 0.0302 e. The maximum absolute atomic E-state index is 3.45. The highest BCUT2D eigenvalue weighted by Crippen LogP contribution is 2.25. The highest BCUT2D eigenvalue weighted by molar-refractivity contribution is 5.14. The summed E-state index contributed by atoms with van der Waals surface area (Å²) in [5, 5.41) is 3.45. The van der Waals surface area contributed by atoms with Crippen LogP contribution in [0.4, 0.5) is 0 Å². The lowest BCUT2D eigenvalue weighted by molar-refractivity contribution is 0.415. The Morgan fingerprint density at radius 2 is 2.23 bits per heavy atom. The molecular formula is C12H23N. The fraction of sp³-hybridized carbons (Fsp3) is 0.833. The Balaban J connectivity index is 2.58. The Hall–Kier alpha value is -0.300. The first-order valence-electron chi connectivity index (χ1n) is 5.65. The molecule has 13 heavy (non-hydrogen) atoms. The average Bonchev–Trinajstić information content (AvgIpc) is 2.20. The zero-order valence-electron chi connectivity index (χ0n) is 9.27. The molecular weight excluding hydrogens is 158 g/mol. The molecule has 0 bridgehead atoms. The molecule has 0 amide bonds. The van der Waals surface area contributed by atoms with Gasteiger partial charge in [0, 0.05) is 6.04 Å². The van der Waals surface area contributed by atoms with Gasteiger partial charge >= 0.3 is 0 Å². The van der Waals surface area contributed by atoms with Gasteiger partial charge in [-0.05, 0) is 38.6 Å². The molecule has 0 aromatic carbocycles. The minimum absolute atomic E-state index is 0.630. The molecule has 1 N–H and O–H groups in total. The SMILES string of the molecule is CCC(C)C(NC)C1=CCCCC1. The molecule has 0 heterocycles. The molecule has 0 fully saturated rings. The minimum Gasteiger partial charge on any atom is -0.313 e. The summed E-state index contributed by atoms with van der Waals surface area (Å²) in [5.74, 6) is 0.773. The van der Waals surface area contributed by atoms with Crippen molar-refractivity contribution in [3.05, 3.63) is 11.6 Å². The first kappa shape index (κ1) is 10.8. The van der Waals surface area contributed by atoms with Crippen molar-refractivity contribution in [1.29, 1.82) is 0 Å². The Morgan fingerprint density at radius 3 is 2.69 bits per heavy atom. The molecule has 0 radical (unpaired) electrons. The molecule has 1 heteroatoms. The van der Waals surface area contributed by atoms with Gasteiger partial charge < -0.3 is 5.32 Å². The van der Waals surface area contributed by atoms with E-state index in [0.717, 1.165) is 5.92 Å². The van der Waals surface area contributed by atoms with E-state index >= 15 is 0 Å². The summed E-state index contributed by atoms with van der Waals surface area (Å²) < 4.78 is 0. The molecule has 0 saturated heterocycles. The Labute approximate surface area is 82.6 Å². The van der Waals surface area contributed by atoms with E-state index in [1.807, 2.05) is 0 Å². The Morgan fingerprint density at radius 1 is 1.46 bits per heavy atom. The number of rotatable bonds is 4. The second-order valence-electron chi connectivity index (χ2n) is 4.18. The van der Waals surface area contributed by atoms with Crippen LogP contribution in [0, 0.1) is 5.92 Å². The lowest BCUT2D eigenvalue weighted by Gasteiger charge is -2.27. The van der Waals surface area contributed by atoms with E-state index in [-0.39, 0.29) is 0 Å². The lowest BCUT2D eigenvalue weighted by atomic mass is 9.86. The third-order valence-electron chi connectivity index (χ3n) is 3.25. The summed E-state index contributed by atoms with van der Waals surface area (Å²) >= 11 is 0. The molecule has 0 aliphatic heterocycles. The average molecular weight is 181 g/mol. The van der Waals surface area contributed by atoms with E-state index < -0.39 is 0 Å². The monoisotopic (exact) mass is 181 g/mol. The van der Waals surface area contributed by atoms with E-state index in [1.165, 1.54) is 32.1 Å². The predicted octanol–water partition coefficient (Wildman–Crippen LogP) is 3.12. The molecule has 2 atom stereocenters. The van der Waals surface area contributed by atoms with Crippen LogP contribution in [-0.4, -0.2) is 13.1 Å². The minimum atomic E-state index is 0.630. The van der Waals surface area contributed by atoms with Crippen molar-refractivity contribution < 1.29 is 0 Å². The lowest BCUT2D eigenvalue weighted by Crippen LogP contribution is -2.34. The van der Waals surface area contributed by atoms with Crippen LogP contribution < -0.4 is 5.32 Å². The van der Waals surface area contributed by atoms with Crippen LogP contribution in [0.15, 0.2) is 11.6 Å². The van der Waals surface area contributed by atoms with Crippen LogP contribution in [-0.2, 0) is 0 Å². The van der Waals surface area contributed by atoms with Crippen molar-refractivity contribution in [2.75, 3.05) is 7.05 Å². The Kier molecular flexibility index (Phi) is 4.51. The van der Waals surface area contributed by atoms with Crippen molar-refractivity contribution in [3.63, 3.8) is 0 Å². The summed E-state index contributed by atoms with van der Waals surface area (Å²) in [7, 11) is 2.09. The van der Waals surface area contributed by atoms with Gasteiger partial charge in [0.2, 0.25) is 0 Å². The van der Waals surface area contributed by atoms with Gasteiger partial charge in [-0.1, -0.05) is 31.9 Å². The third kappa shape index (κ3) is 2.84. The van der Waals surface area contributed by atoms with Gasteiger partial charge in [-0.25, -0.2) is 0 Å². The second-order valence-corrected chi connectivity index (χ2v) is 4.18. The fourth-order valence-electron chi connectivity index (χ4n) is 2.22. The predicted molar refractivity (Wildman–Crippen MR) is 58.9 cm³/mol. The molecule has 0 aromatic heterocycles. The molecule has 1 aliphatic rings. The maximum atomic E-state index is 3.45. The van der Waals surface area contributed by atoms with Crippen molar-refractivity contribution in [2.24, 2.45) is 5.92 Å². The smallest absolute Gasteiger partial charge is 0.0302 e. The van der Waals surface area contributed by atoms with Gasteiger partial charge in [0.05, 0.1) is 0 Å². The zero-order chi connectivity index (χ0) is 9.68. The summed E-state index contributed by atoms with van der Waals surface area (Å²) in [6, 6.07) is 0.630. The van der Waals surface area contributed by atoms with Gasteiger partial charge in [0.15, 0.2) is 0 Å². The van der Waals surface area contributed by atoms with E-state index in [2.05, 4.69) is 32.3 Å². The molecule has 76 valence electrons. The van der Waals surface area contributed by atoms with Crippen molar-refractivity contribution in [2.45, 2.75) is 52.0 Å². The van der Waals surface area contributed by atoms with Gasteiger partial charge in [-0.3, -0.25) is 0 Å². The number of likely N-dealkylation sites (N-methyl/N-ethyl adjacent to an activating group) is 1. The Bertz CT molecular complexity index is 172. The zero-order valence-corrected chi connectivity index (χ0v) is 9.27. The summed E-state index contributed by atoms with van der Waals surface area (Å²) in [6.07, 6.45) is 9.11. The summed E-state index contributed by atoms with van der Waals surface area (Å²) in [5.41, 5.74) is 1.66. The normalized spacial score (nSPS) is 22.2. The van der Waals surface area contributed by atoms with Crippen LogP contribution in [0.2, 0.25) is 0 Å². The van der Waals surface area contributed by atoms with Crippen LogP contribution in [0.3, 0.4) is 0 Å². The van der Waals surface area contributed by atoms with Gasteiger partial charge in [-0.15, -0.1) is 0 Å². The first-order chi connectivity index (χ1) is 6.29. The summed E-state index contributed by atoms with van der Waals surface area (Å²) in [4.78, 5) is 0. The number of allylic oxidation sites excluding steroid dienone is 1. The van der Waals surface area contributed by atoms with Gasteiger partial charge in [0.1, 0.15) is 0 Å². The van der Waals surface area contributed by atoms with E-state index in [9.17, 15) is 0 Å². The van der Waals surface area contributed by atoms with E-state index in [4.69, 9.17) is 0 Å². The van der Waals surface area contributed by atoms with Crippen molar-refractivity contribution >= 4 is 0 Å². The van der Waals surface area contributed by atoms with Crippen LogP contribution in [0.25, 0.3) is 0 Å². The highest BCUT2D eigenvalue weighted by atomic mass is 14.9. The molecule has 1 rings (SSSR count). The van der Waals surface area contributed by atoms with E-state index in [0.29, 0.717) is 6.04 Å². The molecule has 0 saturated carbocycles. The summed E-state index contributed by atoms with van der Waals surface area (Å²) in [6.45, 7) is 4.62. The van der Waals surface area contributed by atoms with Crippen molar-refractivity contribution in [1.82, 2.24) is 5.32 Å². The first-order valence-corrected chi connectivity index (χ1v) is 5.65. The van der Waals surface area contributed by atoms with Crippen LogP contribution in [0.1, 0.15) is 46.0 Å². The number of hydrogen-bond donors (Lipinski definition) is 1. The van der Waals surface area contributed by atoms with Crippen LogP contribution >= 0.6 is 0 Å². The topological polar surface area (TPSA) is 12.0 Å². The number of nitrogens with one attached hydrogen (secondary N) is 1. The molecule has 1 nitrogen and oxygen atoms in total. The highest BCUT2D eigenvalue weighted by Gasteiger charge is 2.19. The van der Waals surface area contributed by atoms with Gasteiger partial charge in [0.25, 0.3) is 0 Å².